The summed E-state index contributed by atoms with van der Waals surface area (Å²) in [5.41, 5.74) is 5.75. The Labute approximate surface area is 112 Å². The van der Waals surface area contributed by atoms with Crippen LogP contribution in [0.2, 0.25) is 10.0 Å². The second-order valence-electron chi connectivity index (χ2n) is 4.94. The summed E-state index contributed by atoms with van der Waals surface area (Å²) in [5.74, 6) is 1.68. The fourth-order valence-electron chi connectivity index (χ4n) is 1.86. The van der Waals surface area contributed by atoms with Gasteiger partial charge in [0.1, 0.15) is 11.6 Å². The van der Waals surface area contributed by atoms with Crippen LogP contribution < -0.4 is 10.6 Å². The molecule has 3 nitrogen and oxygen atoms in total. The van der Waals surface area contributed by atoms with Crippen LogP contribution in [0.3, 0.4) is 0 Å². The molecule has 0 aromatic carbocycles. The highest BCUT2D eigenvalue weighted by atomic mass is 35.5. The van der Waals surface area contributed by atoms with E-state index >= 15 is 0 Å². The third-order valence-electron chi connectivity index (χ3n) is 2.76. The van der Waals surface area contributed by atoms with E-state index in [0.717, 1.165) is 12.4 Å². The fraction of sp³-hybridized carbons (Fsp3) is 0.583. The van der Waals surface area contributed by atoms with Gasteiger partial charge < -0.3 is 10.6 Å². The lowest BCUT2D eigenvalue weighted by Crippen LogP contribution is -2.31. The molecule has 2 N–H and O–H groups in total. The Morgan fingerprint density at radius 3 is 2.59 bits per heavy atom. The van der Waals surface area contributed by atoms with Crippen LogP contribution in [0.25, 0.3) is 0 Å². The van der Waals surface area contributed by atoms with Crippen molar-refractivity contribution in [2.24, 2.45) is 5.92 Å². The zero-order valence-electron chi connectivity index (χ0n) is 10.1. The fourth-order valence-corrected chi connectivity index (χ4v) is 2.33. The van der Waals surface area contributed by atoms with Crippen LogP contribution in [-0.4, -0.2) is 17.6 Å². The van der Waals surface area contributed by atoms with Gasteiger partial charge in [0, 0.05) is 12.6 Å². The molecule has 1 fully saturated rings. The van der Waals surface area contributed by atoms with E-state index in [9.17, 15) is 0 Å². The minimum atomic E-state index is 0.348. The number of pyridine rings is 1. The summed E-state index contributed by atoms with van der Waals surface area (Å²) in [4.78, 5) is 6.58. The SMILES string of the molecule is CC(C)CN(c1nc(N)c(Cl)cc1Cl)C1CC1. The van der Waals surface area contributed by atoms with Gasteiger partial charge in [0.25, 0.3) is 0 Å². The van der Waals surface area contributed by atoms with E-state index in [2.05, 4.69) is 23.7 Å². The van der Waals surface area contributed by atoms with E-state index in [0.29, 0.717) is 27.8 Å². The van der Waals surface area contributed by atoms with Gasteiger partial charge >= 0.3 is 0 Å². The molecule has 94 valence electrons. The second kappa shape index (κ2) is 4.91. The summed E-state index contributed by atoms with van der Waals surface area (Å²) in [7, 11) is 0. The normalized spacial score (nSPS) is 15.4. The van der Waals surface area contributed by atoms with Crippen LogP contribution >= 0.6 is 23.2 Å². The lowest BCUT2D eigenvalue weighted by atomic mass is 10.2. The number of anilines is 2. The van der Waals surface area contributed by atoms with Crippen LogP contribution in [0.15, 0.2) is 6.07 Å². The lowest BCUT2D eigenvalue weighted by Gasteiger charge is -2.26. The Bertz CT molecular complexity index is 416. The van der Waals surface area contributed by atoms with Crippen molar-refractivity contribution in [3.8, 4) is 0 Å². The number of hydrogen-bond acceptors (Lipinski definition) is 3. The Balaban J connectivity index is 2.31. The van der Waals surface area contributed by atoms with Gasteiger partial charge in [-0.05, 0) is 24.8 Å². The van der Waals surface area contributed by atoms with Crippen LogP contribution in [0.4, 0.5) is 11.6 Å². The smallest absolute Gasteiger partial charge is 0.150 e. The first-order valence-corrected chi connectivity index (χ1v) is 6.62. The van der Waals surface area contributed by atoms with Crippen molar-refractivity contribution in [2.45, 2.75) is 32.7 Å². The van der Waals surface area contributed by atoms with E-state index in [-0.39, 0.29) is 0 Å². The van der Waals surface area contributed by atoms with Crippen molar-refractivity contribution in [1.29, 1.82) is 0 Å². The lowest BCUT2D eigenvalue weighted by molar-refractivity contribution is 0.603. The quantitative estimate of drug-likeness (QED) is 0.912. The van der Waals surface area contributed by atoms with Crippen molar-refractivity contribution < 1.29 is 0 Å². The van der Waals surface area contributed by atoms with Crippen molar-refractivity contribution in [3.63, 3.8) is 0 Å². The molecule has 0 aliphatic heterocycles. The Morgan fingerprint density at radius 1 is 1.41 bits per heavy atom. The number of nitrogen functional groups attached to an aromatic ring is 1. The Morgan fingerprint density at radius 2 is 2.06 bits per heavy atom. The predicted octanol–water partition coefficient (Wildman–Crippen LogP) is 3.60. The molecule has 0 amide bonds. The van der Waals surface area contributed by atoms with Crippen LogP contribution in [0.5, 0.6) is 0 Å². The van der Waals surface area contributed by atoms with E-state index in [4.69, 9.17) is 28.9 Å². The molecule has 0 saturated heterocycles. The molecule has 0 atom stereocenters. The maximum absolute atomic E-state index is 6.21. The number of hydrogen-bond donors (Lipinski definition) is 1. The van der Waals surface area contributed by atoms with Crippen molar-refractivity contribution in [2.75, 3.05) is 17.2 Å². The van der Waals surface area contributed by atoms with Crippen LogP contribution in [0, 0.1) is 5.92 Å². The van der Waals surface area contributed by atoms with Crippen molar-refractivity contribution >= 4 is 34.8 Å². The predicted molar refractivity (Wildman–Crippen MR) is 73.9 cm³/mol. The molecular formula is C12H17Cl2N3. The number of halogens is 2. The van der Waals surface area contributed by atoms with E-state index in [1.54, 1.807) is 6.07 Å². The van der Waals surface area contributed by atoms with Gasteiger partial charge in [-0.3, -0.25) is 0 Å². The van der Waals surface area contributed by atoms with E-state index < -0.39 is 0 Å². The summed E-state index contributed by atoms with van der Waals surface area (Å²) in [5, 5.41) is 0.996. The largest absolute Gasteiger partial charge is 0.382 e. The Hall–Kier alpha value is -0.670. The summed E-state index contributed by atoms with van der Waals surface area (Å²) in [6.07, 6.45) is 2.40. The first-order chi connectivity index (χ1) is 7.99. The first kappa shape index (κ1) is 12.8. The van der Waals surface area contributed by atoms with Crippen LogP contribution in [0.1, 0.15) is 26.7 Å². The van der Waals surface area contributed by atoms with Gasteiger partial charge in [0.15, 0.2) is 0 Å². The summed E-state index contributed by atoms with van der Waals surface area (Å²) >= 11 is 12.1. The topological polar surface area (TPSA) is 42.2 Å². The standard InChI is InChI=1S/C12H17Cl2N3/c1-7(2)6-17(8-3-4-8)12-10(14)5-9(13)11(15)16-12/h5,7-8H,3-4,6H2,1-2H3,(H2,15,16). The maximum atomic E-state index is 6.21. The van der Waals surface area contributed by atoms with Gasteiger partial charge in [-0.1, -0.05) is 37.0 Å². The molecule has 1 aromatic rings. The Kier molecular flexibility index (Phi) is 3.69. The average Bonchev–Trinajstić information content (AvgIpc) is 3.04. The molecule has 0 spiro atoms. The zero-order valence-corrected chi connectivity index (χ0v) is 11.6. The zero-order chi connectivity index (χ0) is 12.6. The highest BCUT2D eigenvalue weighted by molar-refractivity contribution is 6.37. The highest BCUT2D eigenvalue weighted by Gasteiger charge is 2.31. The molecule has 0 radical (unpaired) electrons. The number of rotatable bonds is 4. The van der Waals surface area contributed by atoms with E-state index in [1.807, 2.05) is 0 Å². The average molecular weight is 274 g/mol. The number of aromatic nitrogens is 1. The molecule has 1 saturated carbocycles. The van der Waals surface area contributed by atoms with Gasteiger partial charge in [-0.2, -0.15) is 0 Å². The highest BCUT2D eigenvalue weighted by Crippen LogP contribution is 2.37. The number of nitrogens with zero attached hydrogens (tertiary/aromatic N) is 2. The number of nitrogens with two attached hydrogens (primary N) is 1. The molecule has 1 aliphatic carbocycles. The molecule has 1 aromatic heterocycles. The van der Waals surface area contributed by atoms with Gasteiger partial charge in [-0.25, -0.2) is 4.98 Å². The molecule has 5 heteroatoms. The third-order valence-corrected chi connectivity index (χ3v) is 3.34. The molecular weight excluding hydrogens is 257 g/mol. The summed E-state index contributed by atoms with van der Waals surface area (Å²) in [6.45, 7) is 5.31. The summed E-state index contributed by atoms with van der Waals surface area (Å²) in [6, 6.07) is 2.24. The maximum Gasteiger partial charge on any atom is 0.150 e. The minimum absolute atomic E-state index is 0.348. The third kappa shape index (κ3) is 2.96. The van der Waals surface area contributed by atoms with Crippen LogP contribution in [-0.2, 0) is 0 Å². The monoisotopic (exact) mass is 273 g/mol. The second-order valence-corrected chi connectivity index (χ2v) is 5.75. The van der Waals surface area contributed by atoms with Gasteiger partial charge in [-0.15, -0.1) is 0 Å². The first-order valence-electron chi connectivity index (χ1n) is 5.87. The van der Waals surface area contributed by atoms with E-state index in [1.165, 1.54) is 12.8 Å². The van der Waals surface area contributed by atoms with Crippen molar-refractivity contribution in [1.82, 2.24) is 4.98 Å². The van der Waals surface area contributed by atoms with Gasteiger partial charge in [0.2, 0.25) is 0 Å². The molecule has 17 heavy (non-hydrogen) atoms. The molecule has 1 aliphatic rings. The summed E-state index contributed by atoms with van der Waals surface area (Å²) < 4.78 is 0. The van der Waals surface area contributed by atoms with Gasteiger partial charge in [0.05, 0.1) is 10.0 Å². The minimum Gasteiger partial charge on any atom is -0.382 e. The molecule has 0 bridgehead atoms. The molecule has 0 unspecified atom stereocenters. The molecule has 2 rings (SSSR count). The van der Waals surface area contributed by atoms with Crippen molar-refractivity contribution in [3.05, 3.63) is 16.1 Å². The molecule has 1 heterocycles.